The normalized spacial score (nSPS) is 15.2. The van der Waals surface area contributed by atoms with Gasteiger partial charge in [-0.2, -0.15) is 0 Å². The number of nitrogens with zero attached hydrogens (tertiary/aromatic N) is 2. The van der Waals surface area contributed by atoms with Crippen LogP contribution >= 0.6 is 0 Å². The highest BCUT2D eigenvalue weighted by Gasteiger charge is 2.18. The summed E-state index contributed by atoms with van der Waals surface area (Å²) in [5.74, 6) is 0.0404. The fourth-order valence-electron chi connectivity index (χ4n) is 2.75. The molecule has 2 heterocycles. The molecule has 1 saturated heterocycles. The van der Waals surface area contributed by atoms with Crippen molar-refractivity contribution in [3.05, 3.63) is 54.4 Å². The van der Waals surface area contributed by atoms with E-state index in [-0.39, 0.29) is 5.91 Å². The van der Waals surface area contributed by atoms with Crippen LogP contribution in [0.25, 0.3) is 0 Å². The fraction of sp³-hybridized carbons (Fsp3) is 0.333. The van der Waals surface area contributed by atoms with Crippen LogP contribution in [0, 0.1) is 0 Å². The largest absolute Gasteiger partial charge is 0.355 e. The Balaban J connectivity index is 1.74. The lowest BCUT2D eigenvalue weighted by atomic mass is 10.2. The zero-order chi connectivity index (χ0) is 15.2. The van der Waals surface area contributed by atoms with Gasteiger partial charge in [0.1, 0.15) is 5.69 Å². The Morgan fingerprint density at radius 2 is 1.68 bits per heavy atom. The Bertz CT molecular complexity index is 619. The predicted molar refractivity (Wildman–Crippen MR) is 88.3 cm³/mol. The number of anilines is 2. The summed E-state index contributed by atoms with van der Waals surface area (Å²) >= 11 is 0. The monoisotopic (exact) mass is 295 g/mol. The zero-order valence-electron chi connectivity index (χ0n) is 12.7. The average Bonchev–Trinajstić information content (AvgIpc) is 2.85. The Morgan fingerprint density at radius 1 is 0.955 bits per heavy atom. The van der Waals surface area contributed by atoms with Crippen LogP contribution in [0.5, 0.6) is 0 Å². The molecule has 0 bridgehead atoms. The molecule has 1 aromatic heterocycles. The summed E-state index contributed by atoms with van der Waals surface area (Å²) in [6.45, 7) is 1.69. The minimum Gasteiger partial charge on any atom is -0.355 e. The maximum Gasteiger partial charge on any atom is 0.272 e. The van der Waals surface area contributed by atoms with Crippen molar-refractivity contribution in [3.8, 4) is 0 Å². The summed E-state index contributed by atoms with van der Waals surface area (Å²) in [6.07, 6.45) is 6.30. The highest BCUT2D eigenvalue weighted by Crippen LogP contribution is 2.18. The average molecular weight is 295 g/mol. The zero-order valence-corrected chi connectivity index (χ0v) is 12.7. The molecule has 1 aromatic carbocycles. The van der Waals surface area contributed by atoms with Crippen LogP contribution in [0.3, 0.4) is 0 Å². The van der Waals surface area contributed by atoms with E-state index in [1.165, 1.54) is 12.8 Å². The van der Waals surface area contributed by atoms with Crippen LogP contribution in [0.1, 0.15) is 36.2 Å². The van der Waals surface area contributed by atoms with Crippen molar-refractivity contribution in [2.75, 3.05) is 18.4 Å². The Labute approximate surface area is 131 Å². The summed E-state index contributed by atoms with van der Waals surface area (Å²) in [4.78, 5) is 18.8. The number of amides is 1. The molecule has 4 heteroatoms. The van der Waals surface area contributed by atoms with Gasteiger partial charge in [-0.1, -0.05) is 31.0 Å². The summed E-state index contributed by atoms with van der Waals surface area (Å²) in [7, 11) is 0. The van der Waals surface area contributed by atoms with Crippen molar-refractivity contribution in [2.24, 2.45) is 0 Å². The molecule has 1 amide bonds. The molecule has 0 atom stereocenters. The van der Waals surface area contributed by atoms with Crippen LogP contribution in [0.15, 0.2) is 48.7 Å². The first-order valence-corrected chi connectivity index (χ1v) is 7.90. The first-order valence-electron chi connectivity index (χ1n) is 7.90. The summed E-state index contributed by atoms with van der Waals surface area (Å²) in [6, 6.07) is 13.6. The standard InChI is InChI=1S/C18H21N3O/c22-18(21-12-6-1-2-7-13-21)17-14-16(10-11-19-17)20-15-8-4-3-5-9-15/h3-5,8-11,14H,1-2,6-7,12-13H2,(H,19,20). The van der Waals surface area contributed by atoms with Crippen LogP contribution < -0.4 is 5.32 Å². The van der Waals surface area contributed by atoms with Gasteiger partial charge >= 0.3 is 0 Å². The third-order valence-electron chi connectivity index (χ3n) is 3.93. The van der Waals surface area contributed by atoms with Gasteiger partial charge < -0.3 is 10.2 Å². The number of para-hydroxylation sites is 1. The van der Waals surface area contributed by atoms with E-state index < -0.39 is 0 Å². The molecule has 1 N–H and O–H groups in total. The number of benzene rings is 1. The van der Waals surface area contributed by atoms with E-state index in [4.69, 9.17) is 0 Å². The lowest BCUT2D eigenvalue weighted by molar-refractivity contribution is 0.0756. The van der Waals surface area contributed by atoms with Crippen molar-refractivity contribution < 1.29 is 4.79 Å². The lowest BCUT2D eigenvalue weighted by Gasteiger charge is -2.20. The molecule has 3 rings (SSSR count). The molecule has 0 unspecified atom stereocenters. The molecule has 114 valence electrons. The van der Waals surface area contributed by atoms with Crippen molar-refractivity contribution in [1.82, 2.24) is 9.88 Å². The molecule has 2 aromatic rings. The molecule has 1 aliphatic rings. The van der Waals surface area contributed by atoms with Crippen LogP contribution in [0.2, 0.25) is 0 Å². The van der Waals surface area contributed by atoms with Gasteiger partial charge in [-0.15, -0.1) is 0 Å². The molecule has 4 nitrogen and oxygen atoms in total. The number of hydrogen-bond acceptors (Lipinski definition) is 3. The Morgan fingerprint density at radius 3 is 2.41 bits per heavy atom. The minimum absolute atomic E-state index is 0.0404. The third-order valence-corrected chi connectivity index (χ3v) is 3.93. The second-order valence-corrected chi connectivity index (χ2v) is 5.63. The first kappa shape index (κ1) is 14.6. The van der Waals surface area contributed by atoms with Crippen molar-refractivity contribution in [1.29, 1.82) is 0 Å². The second-order valence-electron chi connectivity index (χ2n) is 5.63. The van der Waals surface area contributed by atoms with Gasteiger partial charge in [0, 0.05) is 30.7 Å². The van der Waals surface area contributed by atoms with Crippen LogP contribution in [0.4, 0.5) is 11.4 Å². The number of aromatic nitrogens is 1. The first-order chi connectivity index (χ1) is 10.8. The molecule has 22 heavy (non-hydrogen) atoms. The van der Waals surface area contributed by atoms with Crippen LogP contribution in [-0.4, -0.2) is 28.9 Å². The molecular weight excluding hydrogens is 274 g/mol. The maximum atomic E-state index is 12.6. The number of hydrogen-bond donors (Lipinski definition) is 1. The van der Waals surface area contributed by atoms with Crippen LogP contribution in [-0.2, 0) is 0 Å². The number of rotatable bonds is 3. The van der Waals surface area contributed by atoms with E-state index in [0.717, 1.165) is 37.3 Å². The number of nitrogens with one attached hydrogen (secondary N) is 1. The van der Waals surface area contributed by atoms with E-state index in [9.17, 15) is 4.79 Å². The molecule has 0 saturated carbocycles. The molecule has 0 radical (unpaired) electrons. The molecule has 0 aliphatic carbocycles. The summed E-state index contributed by atoms with van der Waals surface area (Å²) < 4.78 is 0. The number of carbonyl (C=O) groups excluding carboxylic acids is 1. The van der Waals surface area contributed by atoms with E-state index in [2.05, 4.69) is 10.3 Å². The minimum atomic E-state index is 0.0404. The van der Waals surface area contributed by atoms with Crippen molar-refractivity contribution in [3.63, 3.8) is 0 Å². The van der Waals surface area contributed by atoms with Gasteiger partial charge in [-0.25, -0.2) is 0 Å². The topological polar surface area (TPSA) is 45.2 Å². The Hall–Kier alpha value is -2.36. The SMILES string of the molecule is O=C(c1cc(Nc2ccccc2)ccn1)N1CCCCCC1. The Kier molecular flexibility index (Phi) is 4.68. The van der Waals surface area contributed by atoms with Gasteiger partial charge in [0.25, 0.3) is 5.91 Å². The van der Waals surface area contributed by atoms with Gasteiger partial charge in [0.2, 0.25) is 0 Å². The van der Waals surface area contributed by atoms with E-state index >= 15 is 0 Å². The van der Waals surface area contributed by atoms with Gasteiger partial charge in [-0.3, -0.25) is 9.78 Å². The highest BCUT2D eigenvalue weighted by atomic mass is 16.2. The summed E-state index contributed by atoms with van der Waals surface area (Å²) in [5.41, 5.74) is 2.41. The van der Waals surface area contributed by atoms with Crippen molar-refractivity contribution in [2.45, 2.75) is 25.7 Å². The highest BCUT2D eigenvalue weighted by molar-refractivity contribution is 5.93. The van der Waals surface area contributed by atoms with E-state index in [1.54, 1.807) is 6.20 Å². The molecule has 1 fully saturated rings. The quantitative estimate of drug-likeness (QED) is 0.935. The molecule has 0 spiro atoms. The van der Waals surface area contributed by atoms with E-state index in [1.807, 2.05) is 47.4 Å². The maximum absolute atomic E-state index is 12.6. The third kappa shape index (κ3) is 3.64. The smallest absolute Gasteiger partial charge is 0.272 e. The van der Waals surface area contributed by atoms with E-state index in [0.29, 0.717) is 5.69 Å². The molecule has 1 aliphatic heterocycles. The van der Waals surface area contributed by atoms with Gasteiger partial charge in [0.05, 0.1) is 0 Å². The lowest BCUT2D eigenvalue weighted by Crippen LogP contribution is -2.32. The predicted octanol–water partition coefficient (Wildman–Crippen LogP) is 3.84. The number of pyridine rings is 1. The van der Waals surface area contributed by atoms with Gasteiger partial charge in [0.15, 0.2) is 0 Å². The molecular formula is C18H21N3O. The van der Waals surface area contributed by atoms with Gasteiger partial charge in [-0.05, 0) is 37.1 Å². The summed E-state index contributed by atoms with van der Waals surface area (Å²) in [5, 5.41) is 3.30. The van der Waals surface area contributed by atoms with Crippen molar-refractivity contribution >= 4 is 17.3 Å². The number of likely N-dealkylation sites (tertiary alicyclic amines) is 1. The number of carbonyl (C=O) groups is 1. The second kappa shape index (κ2) is 7.07. The fourth-order valence-corrected chi connectivity index (χ4v) is 2.75.